The molecule has 2 nitrogen and oxygen atoms in total. The molecule has 2 aliphatic rings. The lowest BCUT2D eigenvalue weighted by atomic mass is 9.64. The second-order valence-corrected chi connectivity index (χ2v) is 9.73. The zero-order valence-electron chi connectivity index (χ0n) is 19.6. The summed E-state index contributed by atoms with van der Waals surface area (Å²) in [6, 6.07) is 12.5. The molecule has 0 heterocycles. The number of carbonyl (C=O) groups is 1. The highest BCUT2D eigenvalue weighted by molar-refractivity contribution is 5.91. The van der Waals surface area contributed by atoms with Crippen LogP contribution in [0.5, 0.6) is 5.75 Å². The van der Waals surface area contributed by atoms with Crippen molar-refractivity contribution in [2.75, 3.05) is 0 Å². The Labute approximate surface area is 197 Å². The van der Waals surface area contributed by atoms with Gasteiger partial charge in [-0.05, 0) is 117 Å². The molecule has 0 amide bonds. The van der Waals surface area contributed by atoms with E-state index in [9.17, 15) is 9.18 Å². The van der Waals surface area contributed by atoms with Crippen LogP contribution in [-0.4, -0.2) is 5.97 Å². The maximum absolute atomic E-state index is 14.4. The van der Waals surface area contributed by atoms with Crippen LogP contribution in [0, 0.1) is 23.6 Å². The summed E-state index contributed by atoms with van der Waals surface area (Å²) >= 11 is 0. The molecule has 4 unspecified atom stereocenters. The molecule has 174 valence electrons. The van der Waals surface area contributed by atoms with E-state index in [1.807, 2.05) is 12.1 Å². The molecule has 2 saturated carbocycles. The molecule has 0 spiro atoms. The van der Waals surface area contributed by atoms with E-state index in [-0.39, 0.29) is 5.75 Å². The predicted octanol–water partition coefficient (Wildman–Crippen LogP) is 8.04. The highest BCUT2D eigenvalue weighted by Crippen LogP contribution is 2.47. The van der Waals surface area contributed by atoms with Crippen molar-refractivity contribution in [2.45, 2.75) is 64.2 Å². The van der Waals surface area contributed by atoms with Crippen molar-refractivity contribution in [2.24, 2.45) is 17.8 Å². The molecule has 0 aliphatic heterocycles. The average molecular weight is 447 g/mol. The van der Waals surface area contributed by atoms with E-state index in [4.69, 9.17) is 4.74 Å². The Balaban J connectivity index is 1.35. The molecule has 2 aliphatic carbocycles. The van der Waals surface area contributed by atoms with E-state index in [0.29, 0.717) is 11.5 Å². The zero-order valence-corrected chi connectivity index (χ0v) is 19.6. The number of halogens is 1. The lowest BCUT2D eigenvalue weighted by molar-refractivity contribution is 0.0727. The van der Waals surface area contributed by atoms with Crippen LogP contribution in [0.3, 0.4) is 0 Å². The molecule has 3 heteroatoms. The van der Waals surface area contributed by atoms with Gasteiger partial charge in [0, 0.05) is 0 Å². The lowest BCUT2D eigenvalue weighted by Crippen LogP contribution is -2.30. The Hall–Kier alpha value is -2.68. The summed E-state index contributed by atoms with van der Waals surface area (Å²) in [7, 11) is 0. The van der Waals surface area contributed by atoms with Crippen molar-refractivity contribution in [1.82, 2.24) is 0 Å². The number of rotatable bonds is 7. The molecular weight excluding hydrogens is 411 g/mol. The number of esters is 1. The van der Waals surface area contributed by atoms with E-state index in [0.717, 1.165) is 36.2 Å². The van der Waals surface area contributed by atoms with E-state index in [1.54, 1.807) is 12.1 Å². The van der Waals surface area contributed by atoms with Crippen LogP contribution in [-0.2, 0) is 6.42 Å². The van der Waals surface area contributed by atoms with Gasteiger partial charge in [0.25, 0.3) is 0 Å². The summed E-state index contributed by atoms with van der Waals surface area (Å²) in [6.45, 7) is 5.81. The van der Waals surface area contributed by atoms with Crippen LogP contribution in [0.2, 0.25) is 0 Å². The number of ether oxygens (including phenoxy) is 1. The van der Waals surface area contributed by atoms with Crippen molar-refractivity contribution in [1.29, 1.82) is 0 Å². The number of benzene rings is 2. The maximum atomic E-state index is 14.4. The number of allylic oxidation sites excluding steroid dienone is 3. The summed E-state index contributed by atoms with van der Waals surface area (Å²) in [5, 5.41) is 0. The van der Waals surface area contributed by atoms with E-state index in [1.165, 1.54) is 56.2 Å². The molecule has 2 fully saturated rings. The molecule has 0 aromatic heterocycles. The van der Waals surface area contributed by atoms with Crippen LogP contribution in [0.25, 0.3) is 0 Å². The number of hydrogen-bond acceptors (Lipinski definition) is 2. The predicted molar refractivity (Wildman–Crippen MR) is 132 cm³/mol. The monoisotopic (exact) mass is 446 g/mol. The van der Waals surface area contributed by atoms with Gasteiger partial charge in [-0.3, -0.25) is 0 Å². The second-order valence-electron chi connectivity index (χ2n) is 9.73. The molecule has 4 rings (SSSR count). The first-order valence-corrected chi connectivity index (χ1v) is 12.4. The third kappa shape index (κ3) is 5.82. The zero-order chi connectivity index (χ0) is 23.2. The Morgan fingerprint density at radius 1 is 1.06 bits per heavy atom. The number of carbonyl (C=O) groups excluding carboxylic acids is 1. The molecule has 0 radical (unpaired) electrons. The molecule has 0 bridgehead atoms. The summed E-state index contributed by atoms with van der Waals surface area (Å²) in [6.07, 6.45) is 15.7. The standard InChI is InChI=1S/C30H35FO2/c1-3-5-7-22-9-17-29(28(31)19-22)33-30(32)24-13-11-23(12-14-24)26-16-15-25-18-21(6-4-2)8-10-27(25)20-26/h3-4,6,9,11-14,17,19,21,25-27H,1,5,7-8,10,15-16,18,20H2,2H3/b6-4+. The van der Waals surface area contributed by atoms with Crippen LogP contribution in [0.1, 0.15) is 79.3 Å². The Bertz CT molecular complexity index is 991. The van der Waals surface area contributed by atoms with Crippen molar-refractivity contribution in [3.63, 3.8) is 0 Å². The van der Waals surface area contributed by atoms with Gasteiger partial charge in [-0.15, -0.1) is 6.58 Å². The number of fused-ring (bicyclic) bond motifs is 1. The van der Waals surface area contributed by atoms with E-state index in [2.05, 4.69) is 37.8 Å². The summed E-state index contributed by atoms with van der Waals surface area (Å²) in [5.41, 5.74) is 2.62. The normalized spacial score (nSPS) is 24.9. The first kappa shape index (κ1) is 23.5. The lowest BCUT2D eigenvalue weighted by Gasteiger charge is -2.41. The second kappa shape index (κ2) is 11.0. The van der Waals surface area contributed by atoms with Crippen molar-refractivity contribution in [3.8, 4) is 5.75 Å². The minimum atomic E-state index is -0.523. The molecule has 0 N–H and O–H groups in total. The van der Waals surface area contributed by atoms with Gasteiger partial charge in [-0.2, -0.15) is 0 Å². The molecule has 0 saturated heterocycles. The van der Waals surface area contributed by atoms with E-state index < -0.39 is 11.8 Å². The Morgan fingerprint density at radius 2 is 1.82 bits per heavy atom. The topological polar surface area (TPSA) is 26.3 Å². The van der Waals surface area contributed by atoms with Gasteiger partial charge in [0.15, 0.2) is 11.6 Å². The SMILES string of the molecule is C=CCCc1ccc(OC(=O)c2ccc(C3CCC4CC(/C=C/C)CCC4C3)cc2)c(F)c1. The Morgan fingerprint density at radius 3 is 2.55 bits per heavy atom. The summed E-state index contributed by atoms with van der Waals surface area (Å²) in [4.78, 5) is 12.6. The number of hydrogen-bond donors (Lipinski definition) is 0. The van der Waals surface area contributed by atoms with Crippen LogP contribution in [0.15, 0.2) is 67.3 Å². The average Bonchev–Trinajstić information content (AvgIpc) is 2.84. The van der Waals surface area contributed by atoms with Gasteiger partial charge in [0.2, 0.25) is 0 Å². The van der Waals surface area contributed by atoms with Gasteiger partial charge in [0.05, 0.1) is 5.56 Å². The molecule has 33 heavy (non-hydrogen) atoms. The third-order valence-electron chi connectivity index (χ3n) is 7.57. The smallest absolute Gasteiger partial charge is 0.343 e. The third-order valence-corrected chi connectivity index (χ3v) is 7.57. The van der Waals surface area contributed by atoms with Crippen molar-refractivity contribution in [3.05, 3.63) is 89.8 Å². The van der Waals surface area contributed by atoms with Gasteiger partial charge >= 0.3 is 5.97 Å². The first-order valence-electron chi connectivity index (χ1n) is 12.4. The Kier molecular flexibility index (Phi) is 7.80. The van der Waals surface area contributed by atoms with Crippen LogP contribution >= 0.6 is 0 Å². The van der Waals surface area contributed by atoms with Crippen molar-refractivity contribution < 1.29 is 13.9 Å². The summed E-state index contributed by atoms with van der Waals surface area (Å²) in [5.74, 6) is 1.96. The van der Waals surface area contributed by atoms with Crippen molar-refractivity contribution >= 4 is 5.97 Å². The molecule has 2 aromatic carbocycles. The fourth-order valence-corrected chi connectivity index (χ4v) is 5.78. The highest BCUT2D eigenvalue weighted by atomic mass is 19.1. The molecular formula is C30H35FO2. The largest absolute Gasteiger partial charge is 0.420 e. The number of aryl methyl sites for hydroxylation is 1. The quantitative estimate of drug-likeness (QED) is 0.244. The minimum absolute atomic E-state index is 0.0294. The molecule has 4 atom stereocenters. The van der Waals surface area contributed by atoms with Crippen LogP contribution < -0.4 is 4.74 Å². The highest BCUT2D eigenvalue weighted by Gasteiger charge is 2.35. The van der Waals surface area contributed by atoms with E-state index >= 15 is 0 Å². The van der Waals surface area contributed by atoms with Gasteiger partial charge in [0.1, 0.15) is 0 Å². The van der Waals surface area contributed by atoms with Crippen LogP contribution in [0.4, 0.5) is 4.39 Å². The fraction of sp³-hybridized carbons (Fsp3) is 0.433. The summed E-state index contributed by atoms with van der Waals surface area (Å²) < 4.78 is 19.7. The van der Waals surface area contributed by atoms with Gasteiger partial charge in [-0.25, -0.2) is 9.18 Å². The van der Waals surface area contributed by atoms with Gasteiger partial charge in [-0.1, -0.05) is 36.4 Å². The maximum Gasteiger partial charge on any atom is 0.343 e. The molecule has 2 aromatic rings. The minimum Gasteiger partial charge on any atom is -0.420 e. The first-order chi connectivity index (χ1) is 16.1. The fourth-order valence-electron chi connectivity index (χ4n) is 5.78. The van der Waals surface area contributed by atoms with Gasteiger partial charge < -0.3 is 4.74 Å².